The van der Waals surface area contributed by atoms with Crippen molar-refractivity contribution in [3.05, 3.63) is 64.3 Å². The summed E-state index contributed by atoms with van der Waals surface area (Å²) in [4.78, 5) is 15.4. The van der Waals surface area contributed by atoms with Crippen LogP contribution in [0.2, 0.25) is 5.02 Å². The number of rotatable bonds is 3. The Balaban J connectivity index is 1.76. The van der Waals surface area contributed by atoms with E-state index in [4.69, 9.17) is 11.6 Å². The second-order valence-electron chi connectivity index (χ2n) is 5.53. The van der Waals surface area contributed by atoms with E-state index in [-0.39, 0.29) is 5.91 Å². The Morgan fingerprint density at radius 3 is 2.73 bits per heavy atom. The van der Waals surface area contributed by atoms with Gasteiger partial charge < -0.3 is 10.3 Å². The minimum Gasteiger partial charge on any atom is -0.361 e. The molecule has 0 unspecified atom stereocenters. The largest absolute Gasteiger partial charge is 0.361 e. The average Bonchev–Trinajstić information content (AvgIpc) is 2.85. The Hall–Kier alpha value is -2.26. The van der Waals surface area contributed by atoms with E-state index in [2.05, 4.69) is 17.2 Å². The number of fused-ring (bicyclic) bond motifs is 1. The topological polar surface area (TPSA) is 44.9 Å². The quantitative estimate of drug-likeness (QED) is 0.728. The number of carbonyl (C=O) groups is 1. The first-order chi connectivity index (χ1) is 10.5. The highest BCUT2D eigenvalue weighted by Crippen LogP contribution is 2.23. The zero-order valence-corrected chi connectivity index (χ0v) is 13.3. The average molecular weight is 313 g/mol. The van der Waals surface area contributed by atoms with Gasteiger partial charge in [-0.3, -0.25) is 4.79 Å². The van der Waals surface area contributed by atoms with Crippen molar-refractivity contribution in [3.8, 4) is 0 Å². The molecule has 0 fully saturated rings. The minimum absolute atomic E-state index is 0.0286. The van der Waals surface area contributed by atoms with Gasteiger partial charge in [0.2, 0.25) is 5.91 Å². The van der Waals surface area contributed by atoms with Crippen molar-refractivity contribution in [2.45, 2.75) is 20.3 Å². The van der Waals surface area contributed by atoms with Crippen LogP contribution in [0, 0.1) is 13.8 Å². The summed E-state index contributed by atoms with van der Waals surface area (Å²) in [6.07, 6.45) is 2.19. The number of hydrogen-bond acceptors (Lipinski definition) is 1. The Kier molecular flexibility index (Phi) is 3.90. The summed E-state index contributed by atoms with van der Waals surface area (Å²) in [6.45, 7) is 4.09. The fourth-order valence-corrected chi connectivity index (χ4v) is 2.67. The van der Waals surface area contributed by atoms with Crippen LogP contribution >= 0.6 is 11.6 Å². The van der Waals surface area contributed by atoms with Gasteiger partial charge in [-0.15, -0.1) is 0 Å². The third-order valence-corrected chi connectivity index (χ3v) is 4.11. The highest BCUT2D eigenvalue weighted by atomic mass is 35.5. The third-order valence-electron chi connectivity index (χ3n) is 3.87. The van der Waals surface area contributed by atoms with E-state index >= 15 is 0 Å². The van der Waals surface area contributed by atoms with Gasteiger partial charge in [-0.05, 0) is 54.8 Å². The van der Waals surface area contributed by atoms with Crippen LogP contribution in [-0.4, -0.2) is 10.9 Å². The number of nitrogens with one attached hydrogen (secondary N) is 2. The molecule has 0 aliphatic carbocycles. The summed E-state index contributed by atoms with van der Waals surface area (Å²) < 4.78 is 0. The van der Waals surface area contributed by atoms with Gasteiger partial charge in [0.25, 0.3) is 0 Å². The monoisotopic (exact) mass is 312 g/mol. The number of H-pyrrole nitrogens is 1. The van der Waals surface area contributed by atoms with Crippen LogP contribution in [-0.2, 0) is 11.2 Å². The molecule has 112 valence electrons. The number of amides is 1. The Morgan fingerprint density at radius 1 is 1.14 bits per heavy atom. The lowest BCUT2D eigenvalue weighted by molar-refractivity contribution is -0.115. The summed E-state index contributed by atoms with van der Waals surface area (Å²) >= 11 is 5.97. The predicted molar refractivity (Wildman–Crippen MR) is 91.6 cm³/mol. The van der Waals surface area contributed by atoms with Gasteiger partial charge in [0, 0.05) is 27.8 Å². The number of aromatic nitrogens is 1. The predicted octanol–water partition coefficient (Wildman–Crippen LogP) is 4.62. The molecular weight excluding hydrogens is 296 g/mol. The molecule has 1 aromatic heterocycles. The van der Waals surface area contributed by atoms with Gasteiger partial charge in [0.1, 0.15) is 0 Å². The minimum atomic E-state index is -0.0286. The molecule has 0 aliphatic heterocycles. The standard InChI is InChI=1S/C18H17ClN2O/c1-11-3-5-15(7-12(11)2)21-18(22)8-13-10-20-17-9-14(19)4-6-16(13)17/h3-7,9-10,20H,8H2,1-2H3,(H,21,22). The molecular formula is C18H17ClN2O. The lowest BCUT2D eigenvalue weighted by Crippen LogP contribution is -2.14. The molecule has 0 saturated heterocycles. The molecule has 3 aromatic rings. The summed E-state index contributed by atoms with van der Waals surface area (Å²) in [7, 11) is 0. The van der Waals surface area contributed by atoms with E-state index < -0.39 is 0 Å². The number of hydrogen-bond donors (Lipinski definition) is 2. The van der Waals surface area contributed by atoms with Crippen LogP contribution in [0.1, 0.15) is 16.7 Å². The van der Waals surface area contributed by atoms with Gasteiger partial charge >= 0.3 is 0 Å². The van der Waals surface area contributed by atoms with E-state index in [9.17, 15) is 4.79 Å². The summed E-state index contributed by atoms with van der Waals surface area (Å²) in [5.74, 6) is -0.0286. The summed E-state index contributed by atoms with van der Waals surface area (Å²) in [5, 5.41) is 4.65. The Bertz CT molecular complexity index is 851. The summed E-state index contributed by atoms with van der Waals surface area (Å²) in [5.41, 5.74) is 5.12. The molecule has 4 heteroatoms. The van der Waals surface area contributed by atoms with Gasteiger partial charge in [-0.25, -0.2) is 0 Å². The maximum atomic E-state index is 12.2. The molecule has 3 nitrogen and oxygen atoms in total. The smallest absolute Gasteiger partial charge is 0.228 e. The zero-order chi connectivity index (χ0) is 15.7. The lowest BCUT2D eigenvalue weighted by atomic mass is 10.1. The van der Waals surface area contributed by atoms with Crippen molar-refractivity contribution in [1.29, 1.82) is 0 Å². The second kappa shape index (κ2) is 5.85. The number of carbonyl (C=O) groups excluding carboxylic acids is 1. The van der Waals surface area contributed by atoms with Crippen molar-refractivity contribution in [2.75, 3.05) is 5.32 Å². The summed E-state index contributed by atoms with van der Waals surface area (Å²) in [6, 6.07) is 11.6. The van der Waals surface area contributed by atoms with Crippen LogP contribution in [0.15, 0.2) is 42.6 Å². The van der Waals surface area contributed by atoms with Gasteiger partial charge in [0.05, 0.1) is 6.42 Å². The van der Waals surface area contributed by atoms with E-state index in [1.165, 1.54) is 11.1 Å². The number of aryl methyl sites for hydroxylation is 2. The maximum absolute atomic E-state index is 12.2. The van der Waals surface area contributed by atoms with Gasteiger partial charge in [0.15, 0.2) is 0 Å². The SMILES string of the molecule is Cc1ccc(NC(=O)Cc2c[nH]c3cc(Cl)ccc23)cc1C. The van der Waals surface area contributed by atoms with Crippen LogP contribution in [0.25, 0.3) is 10.9 Å². The van der Waals surface area contributed by atoms with E-state index in [0.717, 1.165) is 22.2 Å². The van der Waals surface area contributed by atoms with E-state index in [1.54, 1.807) is 0 Å². The molecule has 0 bridgehead atoms. The van der Waals surface area contributed by atoms with Crippen LogP contribution in [0.4, 0.5) is 5.69 Å². The molecule has 0 saturated carbocycles. The van der Waals surface area contributed by atoms with Crippen molar-refractivity contribution < 1.29 is 4.79 Å². The first kappa shape index (κ1) is 14.7. The molecule has 1 heterocycles. The number of benzene rings is 2. The molecule has 3 rings (SSSR count). The lowest BCUT2D eigenvalue weighted by Gasteiger charge is -2.07. The van der Waals surface area contributed by atoms with Crippen molar-refractivity contribution >= 4 is 34.1 Å². The molecule has 2 aromatic carbocycles. The zero-order valence-electron chi connectivity index (χ0n) is 12.5. The number of halogens is 1. The Labute approximate surface area is 134 Å². The highest BCUT2D eigenvalue weighted by Gasteiger charge is 2.09. The third kappa shape index (κ3) is 3.00. The van der Waals surface area contributed by atoms with Crippen molar-refractivity contribution in [1.82, 2.24) is 4.98 Å². The van der Waals surface area contributed by atoms with E-state index in [0.29, 0.717) is 11.4 Å². The molecule has 1 amide bonds. The molecule has 22 heavy (non-hydrogen) atoms. The maximum Gasteiger partial charge on any atom is 0.228 e. The van der Waals surface area contributed by atoms with Gasteiger partial charge in [-0.1, -0.05) is 23.7 Å². The van der Waals surface area contributed by atoms with Gasteiger partial charge in [-0.2, -0.15) is 0 Å². The van der Waals surface area contributed by atoms with Crippen molar-refractivity contribution in [3.63, 3.8) is 0 Å². The molecule has 0 radical (unpaired) electrons. The number of anilines is 1. The first-order valence-electron chi connectivity index (χ1n) is 7.15. The normalized spacial score (nSPS) is 10.9. The molecule has 0 atom stereocenters. The molecule has 0 spiro atoms. The Morgan fingerprint density at radius 2 is 1.95 bits per heavy atom. The van der Waals surface area contributed by atoms with Crippen molar-refractivity contribution in [2.24, 2.45) is 0 Å². The van der Waals surface area contributed by atoms with Crippen LogP contribution in [0.3, 0.4) is 0 Å². The highest BCUT2D eigenvalue weighted by molar-refractivity contribution is 6.31. The van der Waals surface area contributed by atoms with Crippen LogP contribution in [0.5, 0.6) is 0 Å². The van der Waals surface area contributed by atoms with E-state index in [1.807, 2.05) is 49.5 Å². The fraction of sp³-hybridized carbons (Fsp3) is 0.167. The van der Waals surface area contributed by atoms with Crippen LogP contribution < -0.4 is 5.32 Å². The number of aromatic amines is 1. The first-order valence-corrected chi connectivity index (χ1v) is 7.53. The fourth-order valence-electron chi connectivity index (χ4n) is 2.50. The second-order valence-corrected chi connectivity index (χ2v) is 5.96. The molecule has 2 N–H and O–H groups in total. The molecule has 0 aliphatic rings.